The molecule has 1 N–H and O–H groups in total. The number of sulfonamides is 1. The van der Waals surface area contributed by atoms with Crippen LogP contribution in [0.3, 0.4) is 0 Å². The largest absolute Gasteiger partial charge is 0.455 e. The van der Waals surface area contributed by atoms with Gasteiger partial charge in [0.15, 0.2) is 0 Å². The maximum absolute atomic E-state index is 14.7. The van der Waals surface area contributed by atoms with Gasteiger partial charge in [-0.15, -0.1) is 0 Å². The average molecular weight is 657 g/mol. The molecule has 0 spiro atoms. The summed E-state index contributed by atoms with van der Waals surface area (Å²) in [6.45, 7) is 1.23. The minimum Gasteiger partial charge on any atom is -0.455 e. The lowest BCUT2D eigenvalue weighted by molar-refractivity contribution is 0.0810. The fourth-order valence-corrected chi connectivity index (χ4v) is 6.16. The first kappa shape index (κ1) is 30.0. The number of carbonyl (C=O) groups is 1. The van der Waals surface area contributed by atoms with E-state index in [1.54, 1.807) is 53.3 Å². The molecule has 5 heterocycles. The van der Waals surface area contributed by atoms with Crippen LogP contribution in [0.25, 0.3) is 60.9 Å². The number of nitrogens with zero attached hydrogens (tertiary/aromatic N) is 5. The van der Waals surface area contributed by atoms with Crippen molar-refractivity contribution in [3.8, 4) is 28.5 Å². The fourth-order valence-electron chi connectivity index (χ4n) is 5.65. The standard InChI is InChI=1S/C33H26F2N6O5S/c1-17(34)45-30-9-8-18(14-38-30)32-31(33(42)36-2)22-10-20(27(13-29(22)46-32)40(3)47(4,43)44)24-11-21-25(15-37-24)39-16-41-26-7-5-6-23(35)19(26)12-28(21)41/h5-17H,1-4H3,(H,36,42). The van der Waals surface area contributed by atoms with Crippen molar-refractivity contribution in [1.29, 1.82) is 0 Å². The first-order valence-corrected chi connectivity index (χ1v) is 16.2. The van der Waals surface area contributed by atoms with Crippen molar-refractivity contribution in [2.75, 3.05) is 24.7 Å². The molecule has 1 atom stereocenters. The number of anilines is 1. The molecule has 7 rings (SSSR count). The molecule has 0 bridgehead atoms. The number of rotatable bonds is 7. The zero-order chi connectivity index (χ0) is 33.2. The van der Waals surface area contributed by atoms with Gasteiger partial charge in [0.1, 0.15) is 23.5 Å². The third-order valence-electron chi connectivity index (χ3n) is 7.96. The smallest absolute Gasteiger partial charge is 0.255 e. The number of benzene rings is 2. The summed E-state index contributed by atoms with van der Waals surface area (Å²) in [7, 11) is -0.894. The van der Waals surface area contributed by atoms with Gasteiger partial charge in [-0.3, -0.25) is 18.5 Å². The van der Waals surface area contributed by atoms with Crippen molar-refractivity contribution in [3.63, 3.8) is 0 Å². The monoisotopic (exact) mass is 656 g/mol. The molecule has 0 radical (unpaired) electrons. The van der Waals surface area contributed by atoms with Gasteiger partial charge in [0, 0.05) is 66.6 Å². The number of alkyl halides is 1. The van der Waals surface area contributed by atoms with Crippen molar-refractivity contribution < 1.29 is 31.1 Å². The van der Waals surface area contributed by atoms with Crippen LogP contribution in [0.5, 0.6) is 5.88 Å². The highest BCUT2D eigenvalue weighted by atomic mass is 32.2. The van der Waals surface area contributed by atoms with E-state index in [0.29, 0.717) is 49.5 Å². The Morgan fingerprint density at radius 1 is 1.02 bits per heavy atom. The zero-order valence-electron chi connectivity index (χ0n) is 25.4. The topological polar surface area (TPSA) is 132 Å². The van der Waals surface area contributed by atoms with Crippen LogP contribution in [0.4, 0.5) is 14.5 Å². The number of halogens is 2. The molecule has 0 saturated heterocycles. The molecule has 7 aromatic rings. The lowest BCUT2D eigenvalue weighted by atomic mass is 10.0. The maximum atomic E-state index is 14.7. The summed E-state index contributed by atoms with van der Waals surface area (Å²) in [5.41, 5.74) is 3.66. The molecule has 238 valence electrons. The van der Waals surface area contributed by atoms with E-state index >= 15 is 0 Å². The molecular formula is C33H26F2N6O5S. The second-order valence-corrected chi connectivity index (χ2v) is 12.9. The number of amides is 1. The van der Waals surface area contributed by atoms with E-state index in [1.807, 2.05) is 0 Å². The van der Waals surface area contributed by atoms with Gasteiger partial charge in [-0.1, -0.05) is 6.07 Å². The first-order chi connectivity index (χ1) is 22.4. The van der Waals surface area contributed by atoms with Gasteiger partial charge in [0.2, 0.25) is 22.3 Å². The quantitative estimate of drug-likeness (QED) is 0.218. The van der Waals surface area contributed by atoms with Crippen molar-refractivity contribution in [3.05, 3.63) is 84.7 Å². The van der Waals surface area contributed by atoms with Gasteiger partial charge in [-0.05, 0) is 36.4 Å². The average Bonchev–Trinajstić information content (AvgIpc) is 3.62. The molecule has 47 heavy (non-hydrogen) atoms. The number of nitrogens with one attached hydrogen (secondary N) is 1. The van der Waals surface area contributed by atoms with Crippen LogP contribution in [0.2, 0.25) is 0 Å². The SMILES string of the molecule is CNC(=O)c1c(-c2ccc(OC(C)F)nc2)oc2cc(N(C)S(C)(=O)=O)c(-c3cc4c(cn3)ncn3c5cccc(F)c5cc43)cc12. The van der Waals surface area contributed by atoms with Gasteiger partial charge < -0.3 is 14.5 Å². The second-order valence-electron chi connectivity index (χ2n) is 10.9. The van der Waals surface area contributed by atoms with E-state index in [1.165, 1.54) is 45.4 Å². The second kappa shape index (κ2) is 11.0. The predicted molar refractivity (Wildman–Crippen MR) is 174 cm³/mol. The Balaban J connectivity index is 1.49. The minimum atomic E-state index is -3.77. The van der Waals surface area contributed by atoms with E-state index in [-0.39, 0.29) is 34.3 Å². The number of fused-ring (bicyclic) bond motifs is 6. The zero-order valence-corrected chi connectivity index (χ0v) is 26.3. The lowest BCUT2D eigenvalue weighted by Gasteiger charge is -2.20. The lowest BCUT2D eigenvalue weighted by Crippen LogP contribution is -2.25. The van der Waals surface area contributed by atoms with Crippen molar-refractivity contribution in [2.24, 2.45) is 0 Å². The highest BCUT2D eigenvalue weighted by molar-refractivity contribution is 7.92. The van der Waals surface area contributed by atoms with E-state index in [2.05, 4.69) is 20.3 Å². The van der Waals surface area contributed by atoms with Gasteiger partial charge in [0.25, 0.3) is 5.91 Å². The molecule has 5 aromatic heterocycles. The summed E-state index contributed by atoms with van der Waals surface area (Å²) in [5.74, 6) is -0.629. The molecule has 14 heteroatoms. The summed E-state index contributed by atoms with van der Waals surface area (Å²) in [6.07, 6.45) is 4.04. The van der Waals surface area contributed by atoms with Crippen molar-refractivity contribution in [1.82, 2.24) is 24.7 Å². The molecule has 0 fully saturated rings. The van der Waals surface area contributed by atoms with Crippen LogP contribution >= 0.6 is 0 Å². The Morgan fingerprint density at radius 2 is 1.83 bits per heavy atom. The van der Waals surface area contributed by atoms with E-state index in [9.17, 15) is 22.0 Å². The molecule has 0 aliphatic carbocycles. The van der Waals surface area contributed by atoms with Crippen LogP contribution in [0.15, 0.2) is 77.7 Å². The van der Waals surface area contributed by atoms with Crippen molar-refractivity contribution >= 4 is 59.9 Å². The third kappa shape index (κ3) is 5.06. The van der Waals surface area contributed by atoms with Crippen LogP contribution in [0.1, 0.15) is 17.3 Å². The number of hydrogen-bond donors (Lipinski definition) is 1. The van der Waals surface area contributed by atoms with Crippen LogP contribution in [0, 0.1) is 5.82 Å². The summed E-state index contributed by atoms with van der Waals surface area (Å²) in [6, 6.07) is 14.5. The predicted octanol–water partition coefficient (Wildman–Crippen LogP) is 6.10. The fraction of sp³-hybridized carbons (Fsp3) is 0.152. The Labute approximate surface area is 266 Å². The summed E-state index contributed by atoms with van der Waals surface area (Å²) >= 11 is 0. The Kier molecular flexibility index (Phi) is 7.04. The molecule has 0 aliphatic heterocycles. The van der Waals surface area contributed by atoms with Gasteiger partial charge >= 0.3 is 0 Å². The van der Waals surface area contributed by atoms with Gasteiger partial charge in [-0.2, -0.15) is 0 Å². The molecule has 2 aromatic carbocycles. The van der Waals surface area contributed by atoms with Crippen LogP contribution in [-0.2, 0) is 10.0 Å². The van der Waals surface area contributed by atoms with E-state index in [4.69, 9.17) is 9.15 Å². The number of pyridine rings is 2. The molecule has 1 unspecified atom stereocenters. The Morgan fingerprint density at radius 3 is 2.53 bits per heavy atom. The highest BCUT2D eigenvalue weighted by Crippen LogP contribution is 2.41. The maximum Gasteiger partial charge on any atom is 0.255 e. The number of furan rings is 1. The van der Waals surface area contributed by atoms with E-state index in [0.717, 1.165) is 10.6 Å². The van der Waals surface area contributed by atoms with Crippen LogP contribution in [-0.4, -0.2) is 60.4 Å². The normalized spacial score (nSPS) is 12.6. The Hall–Kier alpha value is -5.63. The molecule has 1 amide bonds. The van der Waals surface area contributed by atoms with E-state index < -0.39 is 22.3 Å². The number of ether oxygens (including phenoxy) is 1. The summed E-state index contributed by atoms with van der Waals surface area (Å²) in [4.78, 5) is 26.6. The molecule has 0 saturated carbocycles. The van der Waals surface area contributed by atoms with Crippen LogP contribution < -0.4 is 14.4 Å². The number of hydrogen-bond acceptors (Lipinski definition) is 8. The minimum absolute atomic E-state index is 0.0466. The highest BCUT2D eigenvalue weighted by Gasteiger charge is 2.27. The third-order valence-corrected chi connectivity index (χ3v) is 9.15. The summed E-state index contributed by atoms with van der Waals surface area (Å²) < 4.78 is 67.8. The number of carbonyl (C=O) groups excluding carboxylic acids is 1. The van der Waals surface area contributed by atoms with Crippen molar-refractivity contribution in [2.45, 2.75) is 13.3 Å². The van der Waals surface area contributed by atoms with Gasteiger partial charge in [-0.25, -0.2) is 27.2 Å². The molecule has 11 nitrogen and oxygen atoms in total. The summed E-state index contributed by atoms with van der Waals surface area (Å²) in [5, 5.41) is 4.09. The molecular weight excluding hydrogens is 630 g/mol. The Bertz CT molecular complexity index is 2490. The first-order valence-electron chi connectivity index (χ1n) is 14.3. The molecule has 0 aliphatic rings. The number of aromatic nitrogens is 4. The van der Waals surface area contributed by atoms with Gasteiger partial charge in [0.05, 0.1) is 45.9 Å².